The van der Waals surface area contributed by atoms with Gasteiger partial charge in [-0.3, -0.25) is 4.79 Å². The lowest BCUT2D eigenvalue weighted by atomic mass is 9.89. The molecule has 0 aromatic carbocycles. The van der Waals surface area contributed by atoms with E-state index in [0.29, 0.717) is 30.6 Å². The van der Waals surface area contributed by atoms with Crippen molar-refractivity contribution >= 4 is 5.78 Å². The normalized spacial score (nSPS) is 11.7. The van der Waals surface area contributed by atoms with Crippen molar-refractivity contribution in [1.29, 1.82) is 0 Å². The minimum Gasteiger partial charge on any atom is -0.330 e. The average molecular weight is 171 g/mol. The molecule has 0 saturated carbocycles. The molecule has 0 fully saturated rings. The van der Waals surface area contributed by atoms with Gasteiger partial charge < -0.3 is 5.73 Å². The summed E-state index contributed by atoms with van der Waals surface area (Å²) in [6.45, 7) is 7.08. The molecular weight excluding hydrogens is 150 g/mol. The molecule has 0 radical (unpaired) electrons. The molecule has 0 aliphatic rings. The van der Waals surface area contributed by atoms with Crippen molar-refractivity contribution in [3.8, 4) is 0 Å². The van der Waals surface area contributed by atoms with Crippen LogP contribution in [0.25, 0.3) is 0 Å². The maximum Gasteiger partial charge on any atom is 0.134 e. The van der Waals surface area contributed by atoms with E-state index in [2.05, 4.69) is 20.8 Å². The topological polar surface area (TPSA) is 43.1 Å². The van der Waals surface area contributed by atoms with Crippen LogP contribution in [0.3, 0.4) is 0 Å². The first-order valence-electron chi connectivity index (χ1n) is 4.67. The van der Waals surface area contributed by atoms with E-state index in [4.69, 9.17) is 5.73 Å². The minimum absolute atomic E-state index is 0.307. The molecule has 2 nitrogen and oxygen atoms in total. The zero-order valence-electron chi connectivity index (χ0n) is 8.52. The van der Waals surface area contributed by atoms with Crippen molar-refractivity contribution in [3.05, 3.63) is 0 Å². The highest BCUT2D eigenvalue weighted by atomic mass is 16.1. The van der Waals surface area contributed by atoms with Crippen molar-refractivity contribution in [1.82, 2.24) is 0 Å². The fourth-order valence-electron chi connectivity index (χ4n) is 1.10. The van der Waals surface area contributed by atoms with E-state index in [9.17, 15) is 4.79 Å². The molecule has 0 aromatic heterocycles. The third-order valence-electron chi connectivity index (χ3n) is 1.81. The molecule has 0 bridgehead atoms. The van der Waals surface area contributed by atoms with Crippen molar-refractivity contribution in [3.63, 3.8) is 0 Å². The number of nitrogens with two attached hydrogens (primary N) is 1. The second-order valence-corrected chi connectivity index (χ2v) is 4.49. The van der Waals surface area contributed by atoms with Crippen molar-refractivity contribution in [2.24, 2.45) is 11.1 Å². The summed E-state index contributed by atoms with van der Waals surface area (Å²) in [5.74, 6) is 0.307. The highest BCUT2D eigenvalue weighted by molar-refractivity contribution is 5.78. The van der Waals surface area contributed by atoms with E-state index in [1.807, 2.05) is 0 Å². The van der Waals surface area contributed by atoms with Gasteiger partial charge in [0, 0.05) is 12.8 Å². The Kier molecular flexibility index (Phi) is 5.14. The molecule has 2 heteroatoms. The summed E-state index contributed by atoms with van der Waals surface area (Å²) in [7, 11) is 0. The molecule has 12 heavy (non-hydrogen) atoms. The van der Waals surface area contributed by atoms with Crippen LogP contribution in [0, 0.1) is 5.41 Å². The van der Waals surface area contributed by atoms with Crippen LogP contribution in [-0.4, -0.2) is 12.3 Å². The number of hydrogen-bond acceptors (Lipinski definition) is 2. The monoisotopic (exact) mass is 171 g/mol. The predicted molar refractivity (Wildman–Crippen MR) is 52.0 cm³/mol. The third-order valence-corrected chi connectivity index (χ3v) is 1.81. The number of Topliss-reactive ketones (excluding diaryl/α,β-unsaturated/α-hetero) is 1. The number of hydrogen-bond donors (Lipinski definition) is 1. The molecular formula is C10H21NO. The van der Waals surface area contributed by atoms with Crippen LogP contribution < -0.4 is 5.73 Å². The lowest BCUT2D eigenvalue weighted by Gasteiger charge is -2.16. The van der Waals surface area contributed by atoms with Crippen LogP contribution in [0.1, 0.15) is 46.5 Å². The van der Waals surface area contributed by atoms with Gasteiger partial charge in [-0.2, -0.15) is 0 Å². The summed E-state index contributed by atoms with van der Waals surface area (Å²) in [6.07, 6.45) is 3.37. The third kappa shape index (κ3) is 7.73. The van der Waals surface area contributed by atoms with Crippen LogP contribution in [0.4, 0.5) is 0 Å². The van der Waals surface area contributed by atoms with E-state index >= 15 is 0 Å². The van der Waals surface area contributed by atoms with Gasteiger partial charge in [-0.15, -0.1) is 0 Å². The van der Waals surface area contributed by atoms with Crippen LogP contribution >= 0.6 is 0 Å². The van der Waals surface area contributed by atoms with Crippen LogP contribution in [0.15, 0.2) is 0 Å². The van der Waals surface area contributed by atoms with Crippen LogP contribution in [-0.2, 0) is 4.79 Å². The molecule has 0 saturated heterocycles. The van der Waals surface area contributed by atoms with Crippen molar-refractivity contribution < 1.29 is 4.79 Å². The Morgan fingerprint density at radius 1 is 1.25 bits per heavy atom. The Hall–Kier alpha value is -0.370. The predicted octanol–water partition coefficient (Wildman–Crippen LogP) is 2.12. The van der Waals surface area contributed by atoms with Crippen LogP contribution in [0.5, 0.6) is 0 Å². The van der Waals surface area contributed by atoms with Gasteiger partial charge in [0.2, 0.25) is 0 Å². The molecule has 0 amide bonds. The zero-order valence-corrected chi connectivity index (χ0v) is 8.52. The quantitative estimate of drug-likeness (QED) is 0.688. The summed E-state index contributed by atoms with van der Waals surface area (Å²) in [4.78, 5) is 11.0. The first kappa shape index (κ1) is 11.6. The highest BCUT2D eigenvalue weighted by Crippen LogP contribution is 2.21. The molecule has 0 aliphatic carbocycles. The van der Waals surface area contributed by atoms with Gasteiger partial charge in [-0.1, -0.05) is 20.8 Å². The van der Waals surface area contributed by atoms with Gasteiger partial charge in [0.05, 0.1) is 0 Å². The summed E-state index contributed by atoms with van der Waals surface area (Å²) in [5.41, 5.74) is 5.62. The van der Waals surface area contributed by atoms with Crippen molar-refractivity contribution in [2.75, 3.05) is 6.54 Å². The van der Waals surface area contributed by atoms with Crippen LogP contribution in [0.2, 0.25) is 0 Å². The molecule has 0 aromatic rings. The molecule has 0 unspecified atom stereocenters. The van der Waals surface area contributed by atoms with Gasteiger partial charge in [0.25, 0.3) is 0 Å². The fraction of sp³-hybridized carbons (Fsp3) is 0.900. The van der Waals surface area contributed by atoms with Gasteiger partial charge in [-0.05, 0) is 24.8 Å². The Labute approximate surface area is 75.5 Å². The van der Waals surface area contributed by atoms with E-state index in [0.717, 1.165) is 12.8 Å². The number of ketones is 1. The SMILES string of the molecule is CC(C)(C)CCCC(=O)CCN. The Morgan fingerprint density at radius 2 is 1.83 bits per heavy atom. The molecule has 0 rings (SSSR count). The van der Waals surface area contributed by atoms with Crippen molar-refractivity contribution in [2.45, 2.75) is 46.5 Å². The largest absolute Gasteiger partial charge is 0.330 e. The maximum atomic E-state index is 11.0. The van der Waals surface area contributed by atoms with E-state index < -0.39 is 0 Å². The second kappa shape index (κ2) is 5.31. The molecule has 72 valence electrons. The first-order valence-corrected chi connectivity index (χ1v) is 4.67. The van der Waals surface area contributed by atoms with E-state index in [1.165, 1.54) is 0 Å². The number of rotatable bonds is 5. The minimum atomic E-state index is 0.307. The molecule has 0 heterocycles. The molecule has 2 N–H and O–H groups in total. The number of carbonyl (C=O) groups is 1. The fourth-order valence-corrected chi connectivity index (χ4v) is 1.10. The van der Waals surface area contributed by atoms with E-state index in [-0.39, 0.29) is 0 Å². The van der Waals surface area contributed by atoms with Gasteiger partial charge in [-0.25, -0.2) is 0 Å². The lowest BCUT2D eigenvalue weighted by Crippen LogP contribution is -2.09. The maximum absolute atomic E-state index is 11.0. The Balaban J connectivity index is 3.37. The molecule has 0 spiro atoms. The summed E-state index contributed by atoms with van der Waals surface area (Å²) >= 11 is 0. The first-order chi connectivity index (χ1) is 5.45. The van der Waals surface area contributed by atoms with Gasteiger partial charge in [0.1, 0.15) is 5.78 Å². The molecule has 0 atom stereocenters. The Bertz CT molecular complexity index is 135. The summed E-state index contributed by atoms with van der Waals surface area (Å²) in [5, 5.41) is 0. The lowest BCUT2D eigenvalue weighted by molar-refractivity contribution is -0.119. The number of carbonyl (C=O) groups excluding carboxylic acids is 1. The molecule has 0 aliphatic heterocycles. The zero-order chi connectivity index (χ0) is 9.61. The Morgan fingerprint density at radius 3 is 2.25 bits per heavy atom. The van der Waals surface area contributed by atoms with E-state index in [1.54, 1.807) is 0 Å². The average Bonchev–Trinajstić information content (AvgIpc) is 1.84. The second-order valence-electron chi connectivity index (χ2n) is 4.49. The van der Waals surface area contributed by atoms with Gasteiger partial charge >= 0.3 is 0 Å². The van der Waals surface area contributed by atoms with Gasteiger partial charge in [0.15, 0.2) is 0 Å². The standard InChI is InChI=1S/C10H21NO/c1-10(2,3)7-4-5-9(12)6-8-11/h4-8,11H2,1-3H3. The smallest absolute Gasteiger partial charge is 0.134 e. The highest BCUT2D eigenvalue weighted by Gasteiger charge is 2.10. The summed E-state index contributed by atoms with van der Waals surface area (Å²) < 4.78 is 0. The summed E-state index contributed by atoms with van der Waals surface area (Å²) in [6, 6.07) is 0.